The molecule has 11 nitrogen and oxygen atoms in total. The number of cyclic esters (lactones) is 2. The van der Waals surface area contributed by atoms with E-state index in [2.05, 4.69) is 75.9 Å². The molecule has 0 radical (unpaired) electrons. The Morgan fingerprint density at radius 2 is 1.21 bits per heavy atom. The van der Waals surface area contributed by atoms with Gasteiger partial charge in [0.25, 0.3) is 0 Å². The van der Waals surface area contributed by atoms with E-state index < -0.39 is 28.7 Å². The smallest absolute Gasteiger partial charge is 0.668 e. The average Bonchev–Trinajstić information content (AvgIpc) is 3.70. The fourth-order valence-corrected chi connectivity index (χ4v) is 14.8. The van der Waals surface area contributed by atoms with Crippen LogP contribution in [0.2, 0.25) is 39.3 Å². The Balaban J connectivity index is 0.000000838. The molecule has 2 aromatic carbocycles. The minimum atomic E-state index is -1.11. The van der Waals surface area contributed by atoms with Gasteiger partial charge in [0.1, 0.15) is 19.3 Å². The quantitative estimate of drug-likeness (QED) is 0.0942. The normalized spacial score (nSPS) is 16.7. The van der Waals surface area contributed by atoms with Crippen molar-refractivity contribution in [3.63, 3.8) is 0 Å². The fourth-order valence-electron chi connectivity index (χ4n) is 6.07. The second-order valence-electron chi connectivity index (χ2n) is 15.3. The molecule has 17 heteroatoms. The first-order valence-electron chi connectivity index (χ1n) is 19.0. The first-order valence-corrected chi connectivity index (χ1v) is 28.6. The van der Waals surface area contributed by atoms with Crippen LogP contribution >= 0.6 is 43.5 Å². The summed E-state index contributed by atoms with van der Waals surface area (Å²) in [6.45, 7) is 14.6. The van der Waals surface area contributed by atoms with Crippen LogP contribution in [0.4, 0.5) is 9.59 Å². The molecule has 0 unspecified atom stereocenters. The Labute approximate surface area is 387 Å². The maximum atomic E-state index is 12.8. The molecule has 57 heavy (non-hydrogen) atoms. The third-order valence-electron chi connectivity index (χ3n) is 8.01. The van der Waals surface area contributed by atoms with Gasteiger partial charge in [0.05, 0.1) is 24.6 Å². The molecule has 0 saturated carbocycles. The third-order valence-corrected chi connectivity index (χ3v) is 14.7. The molecule has 0 aromatic heterocycles. The molecular weight excluding hydrogens is 925 g/mol. The number of alkyl halides is 3. The van der Waals surface area contributed by atoms with Gasteiger partial charge in [-0.25, -0.2) is 19.4 Å². The number of amides is 4. The van der Waals surface area contributed by atoms with E-state index in [1.54, 1.807) is 14.2 Å². The van der Waals surface area contributed by atoms with Gasteiger partial charge in [0, 0.05) is 31.3 Å². The van der Waals surface area contributed by atoms with Crippen molar-refractivity contribution in [1.82, 2.24) is 9.80 Å². The number of unbranched alkanes of at least 4 members (excludes halogenated alkanes) is 1. The first kappa shape index (κ1) is 55.9. The van der Waals surface area contributed by atoms with Crippen molar-refractivity contribution in [2.75, 3.05) is 50.8 Å². The number of hydrogen-bond acceptors (Lipinski definition) is 8. The summed E-state index contributed by atoms with van der Waals surface area (Å²) in [5.74, 6) is -0.646. The van der Waals surface area contributed by atoms with E-state index in [-0.39, 0.29) is 72.6 Å². The molecule has 316 valence electrons. The zero-order chi connectivity index (χ0) is 42.1. The molecule has 2 saturated heterocycles. The average molecular weight is 988 g/mol. The number of imide groups is 2. The summed E-state index contributed by atoms with van der Waals surface area (Å²) in [5, 5.41) is 1.69. The summed E-state index contributed by atoms with van der Waals surface area (Å²) < 4.78 is 24.4. The molecule has 4 rings (SSSR count). The standard InChI is InChI=1S/C17H22BrNO4.C15H18BrNO3.C6H18NSi2.C2H5ClO.Na/c1-22-11-14(8-5-9-18)16(20)19-15(12-23-17(19)21)10-13-6-3-2-4-7-13;16-9-5-4-8-14(18)17-13(11-20-15(17)19)10-12-6-2-1-3-7-12;1-8(2,3)7-9(4,5)6;1-4-2-3;/h2-4,6-7,14-15H,5,8-12H2,1H3;1-3,6-7,13H,4-5,8-11H2;1-6H3;2H2,1H3;/q;;-1;;+1/t14-,15+;13-;;;/m10.../s1. The van der Waals surface area contributed by atoms with Crippen molar-refractivity contribution in [3.8, 4) is 0 Å². The van der Waals surface area contributed by atoms with E-state index in [1.165, 1.54) is 9.80 Å². The Morgan fingerprint density at radius 1 is 0.772 bits per heavy atom. The van der Waals surface area contributed by atoms with Gasteiger partial charge in [-0.05, 0) is 49.7 Å². The maximum Gasteiger partial charge on any atom is 1.00 e. The topological polar surface area (TPSA) is 126 Å². The second kappa shape index (κ2) is 30.8. The Bertz CT molecular complexity index is 1420. The Kier molecular flexibility index (Phi) is 30.2. The molecule has 4 amide bonds. The van der Waals surface area contributed by atoms with E-state index >= 15 is 0 Å². The zero-order valence-corrected chi connectivity index (χ0v) is 43.4. The van der Waals surface area contributed by atoms with E-state index in [0.29, 0.717) is 38.4 Å². The van der Waals surface area contributed by atoms with Crippen LogP contribution in [0.1, 0.15) is 43.2 Å². The SMILES string of the molecule is COCCl.COC[C@@H](CCCBr)C(=O)N1C(=O)OC[C@@H]1Cc1ccccc1.C[Si](C)(C)[N-][Si](C)(C)C.O=C(CCCCBr)N1C(=O)OC[C@@H]1Cc1ccccc1.[Na+]. The van der Waals surface area contributed by atoms with Crippen LogP contribution in [0.5, 0.6) is 0 Å². The van der Waals surface area contributed by atoms with E-state index in [1.807, 2.05) is 60.7 Å². The number of benzene rings is 2. The second-order valence-corrected chi connectivity index (χ2v) is 26.7. The van der Waals surface area contributed by atoms with Crippen molar-refractivity contribution < 1.29 is 67.7 Å². The van der Waals surface area contributed by atoms with Crippen LogP contribution in [0.3, 0.4) is 0 Å². The number of ether oxygens (including phenoxy) is 4. The molecule has 0 N–H and O–H groups in total. The molecule has 0 aliphatic carbocycles. The van der Waals surface area contributed by atoms with E-state index in [0.717, 1.165) is 41.0 Å². The molecular formula is C40H63Br2ClN3NaO8Si2. The van der Waals surface area contributed by atoms with Crippen LogP contribution in [0, 0.1) is 5.92 Å². The number of nitrogens with zero attached hydrogens (tertiary/aromatic N) is 3. The zero-order valence-electron chi connectivity index (χ0n) is 35.4. The van der Waals surface area contributed by atoms with Gasteiger partial charge < -0.3 is 23.6 Å². The van der Waals surface area contributed by atoms with Crippen molar-refractivity contribution in [3.05, 3.63) is 76.4 Å². The molecule has 3 atom stereocenters. The van der Waals surface area contributed by atoms with Crippen molar-refractivity contribution in [1.29, 1.82) is 0 Å². The molecule has 2 heterocycles. The molecule has 0 bridgehead atoms. The molecule has 0 spiro atoms. The number of carbonyl (C=O) groups is 4. The van der Waals surface area contributed by atoms with Crippen molar-refractivity contribution >= 4 is 83.9 Å². The van der Waals surface area contributed by atoms with Crippen molar-refractivity contribution in [2.45, 2.75) is 96.3 Å². The Hall–Kier alpha value is -1.12. The van der Waals surface area contributed by atoms with Crippen LogP contribution in [-0.4, -0.2) is 113 Å². The van der Waals surface area contributed by atoms with Crippen LogP contribution in [0.15, 0.2) is 60.7 Å². The number of hydrogen-bond donors (Lipinski definition) is 0. The Morgan fingerprint density at radius 3 is 1.60 bits per heavy atom. The van der Waals surface area contributed by atoms with Crippen LogP contribution in [0.25, 0.3) is 4.65 Å². The summed E-state index contributed by atoms with van der Waals surface area (Å²) in [6.07, 6.45) is 3.85. The van der Waals surface area contributed by atoms with Gasteiger partial charge in [-0.2, -0.15) is 0 Å². The first-order chi connectivity index (χ1) is 26.5. The largest absolute Gasteiger partial charge is 1.00 e. The summed E-state index contributed by atoms with van der Waals surface area (Å²) in [7, 11) is 0.904. The molecule has 2 fully saturated rings. The third kappa shape index (κ3) is 24.1. The summed E-state index contributed by atoms with van der Waals surface area (Å²) in [5.41, 5.74) is 2.19. The number of methoxy groups -OCH3 is 2. The molecule has 2 aliphatic rings. The molecule has 2 aromatic rings. The fraction of sp³-hybridized carbons (Fsp3) is 0.600. The summed E-state index contributed by atoms with van der Waals surface area (Å²) in [4.78, 5) is 51.3. The van der Waals surface area contributed by atoms with Gasteiger partial charge in [-0.3, -0.25) is 9.59 Å². The predicted octanol–water partition coefficient (Wildman–Crippen LogP) is 7.02. The van der Waals surface area contributed by atoms with Crippen molar-refractivity contribution in [2.24, 2.45) is 5.92 Å². The molecule has 2 aliphatic heterocycles. The van der Waals surface area contributed by atoms with E-state index in [4.69, 9.17) is 30.5 Å². The maximum absolute atomic E-state index is 12.8. The van der Waals surface area contributed by atoms with Crippen LogP contribution in [-0.2, 0) is 41.4 Å². The van der Waals surface area contributed by atoms with Gasteiger partial charge >= 0.3 is 41.7 Å². The minimum Gasteiger partial charge on any atom is -0.668 e. The van der Waals surface area contributed by atoms with Crippen LogP contribution < -0.4 is 29.6 Å². The number of rotatable bonds is 17. The van der Waals surface area contributed by atoms with Gasteiger partial charge in [0.2, 0.25) is 11.8 Å². The van der Waals surface area contributed by atoms with Gasteiger partial charge in [-0.15, -0.1) is 0 Å². The monoisotopic (exact) mass is 985 g/mol. The number of halogens is 3. The minimum absolute atomic E-state index is 0. The van der Waals surface area contributed by atoms with E-state index in [9.17, 15) is 19.2 Å². The summed E-state index contributed by atoms with van der Waals surface area (Å²) >= 11 is 11.7. The predicted molar refractivity (Wildman–Crippen MR) is 238 cm³/mol. The summed E-state index contributed by atoms with van der Waals surface area (Å²) in [6, 6.07) is 19.5. The van der Waals surface area contributed by atoms with Gasteiger partial charge in [0.15, 0.2) is 0 Å². The van der Waals surface area contributed by atoms with Gasteiger partial charge in [-0.1, -0.05) is 160 Å². The number of carbonyl (C=O) groups excluding carboxylic acids is 4.